The van der Waals surface area contributed by atoms with Gasteiger partial charge in [0.2, 0.25) is 11.2 Å². The van der Waals surface area contributed by atoms with Crippen LogP contribution in [0.15, 0.2) is 30.3 Å². The van der Waals surface area contributed by atoms with E-state index in [4.69, 9.17) is 27.9 Å². The van der Waals surface area contributed by atoms with E-state index < -0.39 is 17.2 Å². The van der Waals surface area contributed by atoms with Crippen LogP contribution in [0.2, 0.25) is 10.3 Å². The Morgan fingerprint density at radius 2 is 1.80 bits per heavy atom. The average Bonchev–Trinajstić information content (AvgIpc) is 2.36. The molecule has 0 aliphatic heterocycles. The molecule has 106 valence electrons. The third kappa shape index (κ3) is 3.74. The van der Waals surface area contributed by atoms with Gasteiger partial charge in [-0.2, -0.15) is 18.2 Å². The van der Waals surface area contributed by atoms with Gasteiger partial charge in [-0.05, 0) is 17.7 Å². The number of hydrogen-bond acceptors (Lipinski definition) is 3. The lowest BCUT2D eigenvalue weighted by Gasteiger charge is -2.10. The molecule has 0 aliphatic carbocycles. The molecule has 2 aromatic rings. The largest absolute Gasteiger partial charge is 0.473 e. The van der Waals surface area contributed by atoms with Crippen molar-refractivity contribution in [3.63, 3.8) is 0 Å². The smallest absolute Gasteiger partial charge is 0.433 e. The number of aromatic nitrogens is 2. The lowest BCUT2D eigenvalue weighted by Crippen LogP contribution is -2.10. The fourth-order valence-electron chi connectivity index (χ4n) is 1.38. The minimum absolute atomic E-state index is 0.0235. The van der Waals surface area contributed by atoms with Crippen molar-refractivity contribution in [2.75, 3.05) is 0 Å². The van der Waals surface area contributed by atoms with Crippen LogP contribution in [0.3, 0.4) is 0 Å². The molecule has 1 aromatic heterocycles. The molecule has 3 nitrogen and oxygen atoms in total. The SMILES string of the molecule is FC(F)(F)c1cc(OCc2ccccc2Cl)nc(Cl)n1. The van der Waals surface area contributed by atoms with Gasteiger partial charge in [0.25, 0.3) is 0 Å². The summed E-state index contributed by atoms with van der Waals surface area (Å²) in [5.41, 5.74) is -0.538. The van der Waals surface area contributed by atoms with E-state index in [0.717, 1.165) is 0 Å². The van der Waals surface area contributed by atoms with E-state index in [1.54, 1.807) is 24.3 Å². The van der Waals surface area contributed by atoms with E-state index in [2.05, 4.69) is 9.97 Å². The molecule has 0 amide bonds. The zero-order valence-corrected chi connectivity index (χ0v) is 11.3. The Hall–Kier alpha value is -1.53. The zero-order valence-electron chi connectivity index (χ0n) is 9.79. The van der Waals surface area contributed by atoms with Gasteiger partial charge in [-0.15, -0.1) is 0 Å². The van der Waals surface area contributed by atoms with Gasteiger partial charge in [-0.25, -0.2) is 4.98 Å². The molecule has 0 atom stereocenters. The maximum absolute atomic E-state index is 12.5. The van der Waals surface area contributed by atoms with Crippen LogP contribution in [0, 0.1) is 0 Å². The summed E-state index contributed by atoms with van der Waals surface area (Å²) < 4.78 is 42.8. The van der Waals surface area contributed by atoms with E-state index in [-0.39, 0.29) is 12.5 Å². The molecule has 0 aliphatic rings. The highest BCUT2D eigenvalue weighted by Gasteiger charge is 2.33. The molecule has 1 heterocycles. The Kier molecular flexibility index (Phi) is 4.35. The van der Waals surface area contributed by atoms with Crippen LogP contribution in [-0.4, -0.2) is 9.97 Å². The second-order valence-corrected chi connectivity index (χ2v) is 4.48. The second-order valence-electron chi connectivity index (χ2n) is 3.74. The molecular weight excluding hydrogens is 316 g/mol. The number of alkyl halides is 3. The summed E-state index contributed by atoms with van der Waals surface area (Å²) in [7, 11) is 0. The summed E-state index contributed by atoms with van der Waals surface area (Å²) in [4.78, 5) is 6.68. The summed E-state index contributed by atoms with van der Waals surface area (Å²) in [6, 6.07) is 7.49. The van der Waals surface area contributed by atoms with Crippen molar-refractivity contribution >= 4 is 23.2 Å². The summed E-state index contributed by atoms with van der Waals surface area (Å²) in [6.07, 6.45) is -4.62. The summed E-state index contributed by atoms with van der Waals surface area (Å²) in [5, 5.41) is -0.0855. The number of halogens is 5. The monoisotopic (exact) mass is 322 g/mol. The van der Waals surface area contributed by atoms with Crippen LogP contribution in [0.5, 0.6) is 5.88 Å². The number of nitrogens with zero attached hydrogens (tertiary/aromatic N) is 2. The molecule has 2 rings (SSSR count). The first-order valence-corrected chi connectivity index (χ1v) is 6.10. The summed E-state index contributed by atoms with van der Waals surface area (Å²) >= 11 is 11.3. The van der Waals surface area contributed by atoms with Gasteiger partial charge < -0.3 is 4.74 Å². The van der Waals surface area contributed by atoms with E-state index in [1.807, 2.05) is 0 Å². The van der Waals surface area contributed by atoms with E-state index in [1.165, 1.54) is 0 Å². The van der Waals surface area contributed by atoms with Crippen molar-refractivity contribution in [1.29, 1.82) is 0 Å². The highest BCUT2D eigenvalue weighted by Crippen LogP contribution is 2.30. The van der Waals surface area contributed by atoms with Gasteiger partial charge in [0.05, 0.1) is 0 Å². The standard InChI is InChI=1S/C12H7Cl2F3N2O/c13-8-4-2-1-3-7(8)6-20-10-5-9(12(15,16)17)18-11(14)19-10/h1-5H,6H2. The molecule has 0 saturated carbocycles. The Morgan fingerprint density at radius 3 is 2.45 bits per heavy atom. The molecule has 0 saturated heterocycles. The zero-order chi connectivity index (χ0) is 14.8. The lowest BCUT2D eigenvalue weighted by molar-refractivity contribution is -0.141. The third-order valence-electron chi connectivity index (χ3n) is 2.30. The van der Waals surface area contributed by atoms with E-state index in [0.29, 0.717) is 16.7 Å². The minimum Gasteiger partial charge on any atom is -0.473 e. The van der Waals surface area contributed by atoms with Crippen LogP contribution in [0.4, 0.5) is 13.2 Å². The fourth-order valence-corrected chi connectivity index (χ4v) is 1.75. The van der Waals surface area contributed by atoms with Crippen molar-refractivity contribution in [3.05, 3.63) is 51.9 Å². The highest BCUT2D eigenvalue weighted by molar-refractivity contribution is 6.31. The fraction of sp³-hybridized carbons (Fsp3) is 0.167. The third-order valence-corrected chi connectivity index (χ3v) is 2.84. The molecule has 1 aromatic carbocycles. The van der Waals surface area contributed by atoms with Crippen LogP contribution in [0.25, 0.3) is 0 Å². The van der Waals surface area contributed by atoms with Gasteiger partial charge in [0.15, 0.2) is 5.69 Å². The first kappa shape index (κ1) is 14.9. The Bertz CT molecular complexity index is 620. The van der Waals surface area contributed by atoms with Crippen LogP contribution >= 0.6 is 23.2 Å². The molecule has 0 bridgehead atoms. The maximum atomic E-state index is 12.5. The summed E-state index contributed by atoms with van der Waals surface area (Å²) in [6.45, 7) is -0.0235. The van der Waals surface area contributed by atoms with Crippen molar-refractivity contribution in [1.82, 2.24) is 9.97 Å². The Balaban J connectivity index is 2.18. The summed E-state index contributed by atoms with van der Waals surface area (Å²) in [5.74, 6) is -0.266. The molecule has 0 fully saturated rings. The van der Waals surface area contributed by atoms with Crippen molar-refractivity contribution < 1.29 is 17.9 Å². The minimum atomic E-state index is -4.62. The van der Waals surface area contributed by atoms with Crippen molar-refractivity contribution in [3.8, 4) is 5.88 Å². The molecule has 0 radical (unpaired) electrons. The van der Waals surface area contributed by atoms with Crippen molar-refractivity contribution in [2.45, 2.75) is 12.8 Å². The van der Waals surface area contributed by atoms with Crippen LogP contribution in [0.1, 0.15) is 11.3 Å². The average molecular weight is 323 g/mol. The first-order chi connectivity index (χ1) is 9.36. The van der Waals surface area contributed by atoms with Gasteiger partial charge in [-0.3, -0.25) is 0 Å². The highest BCUT2D eigenvalue weighted by atomic mass is 35.5. The van der Waals surface area contributed by atoms with Gasteiger partial charge in [-0.1, -0.05) is 29.8 Å². The number of hydrogen-bond donors (Lipinski definition) is 0. The van der Waals surface area contributed by atoms with Gasteiger partial charge >= 0.3 is 6.18 Å². The predicted molar refractivity (Wildman–Crippen MR) is 67.8 cm³/mol. The van der Waals surface area contributed by atoms with Crippen LogP contribution in [-0.2, 0) is 12.8 Å². The van der Waals surface area contributed by atoms with E-state index in [9.17, 15) is 13.2 Å². The quantitative estimate of drug-likeness (QED) is 0.786. The predicted octanol–water partition coefficient (Wildman–Crippen LogP) is 4.38. The molecule has 0 N–H and O–H groups in total. The van der Waals surface area contributed by atoms with Gasteiger partial charge in [0, 0.05) is 16.7 Å². The molecule has 20 heavy (non-hydrogen) atoms. The second kappa shape index (κ2) is 5.85. The number of benzene rings is 1. The van der Waals surface area contributed by atoms with Crippen LogP contribution < -0.4 is 4.74 Å². The Labute approximate surface area is 122 Å². The Morgan fingerprint density at radius 1 is 1.10 bits per heavy atom. The molecular formula is C12H7Cl2F3N2O. The molecule has 8 heteroatoms. The number of ether oxygens (including phenoxy) is 1. The normalized spacial score (nSPS) is 11.4. The maximum Gasteiger partial charge on any atom is 0.433 e. The number of rotatable bonds is 3. The van der Waals surface area contributed by atoms with Gasteiger partial charge in [0.1, 0.15) is 6.61 Å². The molecule has 0 spiro atoms. The molecule has 0 unspecified atom stereocenters. The van der Waals surface area contributed by atoms with E-state index >= 15 is 0 Å². The van der Waals surface area contributed by atoms with Crippen molar-refractivity contribution in [2.24, 2.45) is 0 Å². The lowest BCUT2D eigenvalue weighted by atomic mass is 10.2. The first-order valence-electron chi connectivity index (χ1n) is 5.34. The topological polar surface area (TPSA) is 35.0 Å².